The zero-order chi connectivity index (χ0) is 38.3. The van der Waals surface area contributed by atoms with Crippen LogP contribution in [0, 0.1) is 0 Å². The van der Waals surface area contributed by atoms with Gasteiger partial charge in [-0.2, -0.15) is 26.3 Å². The molecule has 4 aromatic carbocycles. The van der Waals surface area contributed by atoms with E-state index in [1.54, 1.807) is 0 Å². The number of ether oxygens (including phenoxy) is 1. The van der Waals surface area contributed by atoms with Gasteiger partial charge in [0.05, 0.1) is 30.3 Å². The highest BCUT2D eigenvalue weighted by Crippen LogP contribution is 2.38. The molecule has 0 saturated carbocycles. The Kier molecular flexibility index (Phi) is 12.6. The molecule has 0 aromatic heterocycles. The van der Waals surface area contributed by atoms with Crippen molar-refractivity contribution in [3.63, 3.8) is 0 Å². The molecule has 0 bridgehead atoms. The van der Waals surface area contributed by atoms with Crippen LogP contribution in [0.2, 0.25) is 0 Å². The number of piperidine rings is 2. The van der Waals surface area contributed by atoms with Crippen molar-refractivity contribution in [3.05, 3.63) is 143 Å². The van der Waals surface area contributed by atoms with E-state index in [0.717, 1.165) is 43.9 Å². The Balaban J connectivity index is 0.000000210. The van der Waals surface area contributed by atoms with Gasteiger partial charge in [0.15, 0.2) is 0 Å². The van der Waals surface area contributed by atoms with Gasteiger partial charge in [0.2, 0.25) is 0 Å². The molecule has 3 atom stereocenters. The summed E-state index contributed by atoms with van der Waals surface area (Å²) in [5.41, 5.74) is -0.166. The fourth-order valence-electron chi connectivity index (χ4n) is 7.61. The monoisotopic (exact) mass is 751 g/mol. The molecule has 3 aliphatic rings. The molecule has 12 heteroatoms. The Labute approximate surface area is 311 Å². The highest BCUT2D eigenvalue weighted by atomic mass is 19.4. The summed E-state index contributed by atoms with van der Waals surface area (Å²) in [4.78, 5) is 31.4. The summed E-state index contributed by atoms with van der Waals surface area (Å²) in [7, 11) is 0. The molecule has 0 aliphatic carbocycles. The van der Waals surface area contributed by atoms with E-state index in [1.807, 2.05) is 54.6 Å². The van der Waals surface area contributed by atoms with E-state index >= 15 is 0 Å². The summed E-state index contributed by atoms with van der Waals surface area (Å²) in [5.74, 6) is -0.558. The summed E-state index contributed by atoms with van der Waals surface area (Å²) >= 11 is 0. The lowest BCUT2D eigenvalue weighted by Gasteiger charge is -2.45. The van der Waals surface area contributed by atoms with Crippen LogP contribution >= 0.6 is 0 Å². The van der Waals surface area contributed by atoms with Crippen LogP contribution < -0.4 is 0 Å². The van der Waals surface area contributed by atoms with Crippen molar-refractivity contribution in [2.24, 2.45) is 0 Å². The zero-order valence-corrected chi connectivity index (χ0v) is 29.7. The Morgan fingerprint density at radius 2 is 1.24 bits per heavy atom. The number of carbonyl (C=O) groups is 2. The second-order valence-electron chi connectivity index (χ2n) is 14.0. The standard InChI is InChI=1S/C24H24F6N2O2.C18H19NO/c25-23(26,27)18-12-17(13-19(14-18)24(28,29)30)22(33)32-7-6-21(31-8-10-34-11-9-31)20(15-32)16-4-2-1-3-5-16;20-18-11-12-19(13-15-7-3-1-4-8-15)14-17(18)16-9-5-2-6-10-16/h1-5,12-14,20-21H,6-11,15H2;1-10,17H,11-14H2/t20-,21-;/m0./s1. The third-order valence-electron chi connectivity index (χ3n) is 10.4. The highest BCUT2D eigenvalue weighted by molar-refractivity contribution is 5.95. The van der Waals surface area contributed by atoms with Gasteiger partial charge in [0.25, 0.3) is 5.91 Å². The van der Waals surface area contributed by atoms with Crippen molar-refractivity contribution in [3.8, 4) is 0 Å². The number of morpholine rings is 1. The fourth-order valence-corrected chi connectivity index (χ4v) is 7.61. The molecule has 3 fully saturated rings. The Morgan fingerprint density at radius 3 is 1.81 bits per heavy atom. The summed E-state index contributed by atoms with van der Waals surface area (Å²) in [6.45, 7) is 5.70. The molecule has 4 aromatic rings. The molecular weight excluding hydrogens is 708 g/mol. The van der Waals surface area contributed by atoms with Gasteiger partial charge in [0, 0.05) is 69.8 Å². The lowest BCUT2D eigenvalue weighted by Crippen LogP contribution is -2.54. The molecule has 0 spiro atoms. The van der Waals surface area contributed by atoms with Crippen LogP contribution in [0.15, 0.2) is 109 Å². The largest absolute Gasteiger partial charge is 0.416 e. The normalized spacial score (nSPS) is 21.6. The van der Waals surface area contributed by atoms with Gasteiger partial charge >= 0.3 is 12.4 Å². The average molecular weight is 752 g/mol. The molecule has 3 saturated heterocycles. The van der Waals surface area contributed by atoms with Crippen molar-refractivity contribution < 1.29 is 40.7 Å². The number of likely N-dealkylation sites (tertiary alicyclic amines) is 2. The van der Waals surface area contributed by atoms with Crippen molar-refractivity contribution >= 4 is 11.7 Å². The minimum atomic E-state index is -5.01. The first-order valence-electron chi connectivity index (χ1n) is 18.2. The van der Waals surface area contributed by atoms with E-state index in [9.17, 15) is 35.9 Å². The summed E-state index contributed by atoms with van der Waals surface area (Å²) in [6.07, 6.45) is -8.80. The van der Waals surface area contributed by atoms with Crippen LogP contribution in [0.25, 0.3) is 0 Å². The highest BCUT2D eigenvalue weighted by Gasteiger charge is 2.40. The van der Waals surface area contributed by atoms with Crippen LogP contribution in [0.4, 0.5) is 26.3 Å². The van der Waals surface area contributed by atoms with Gasteiger partial charge in [-0.25, -0.2) is 0 Å². The van der Waals surface area contributed by atoms with E-state index in [2.05, 4.69) is 46.2 Å². The van der Waals surface area contributed by atoms with Crippen molar-refractivity contribution in [1.82, 2.24) is 14.7 Å². The maximum absolute atomic E-state index is 13.3. The van der Waals surface area contributed by atoms with E-state index in [4.69, 9.17) is 4.74 Å². The lowest BCUT2D eigenvalue weighted by atomic mass is 9.84. The zero-order valence-electron chi connectivity index (χ0n) is 29.7. The third-order valence-corrected chi connectivity index (χ3v) is 10.4. The summed E-state index contributed by atoms with van der Waals surface area (Å²) < 4.78 is 85.1. The number of alkyl halides is 6. The number of benzene rings is 4. The van der Waals surface area contributed by atoms with E-state index < -0.39 is 35.0 Å². The van der Waals surface area contributed by atoms with Gasteiger partial charge in [-0.15, -0.1) is 0 Å². The number of nitrogens with zero attached hydrogens (tertiary/aromatic N) is 3. The minimum absolute atomic E-state index is 0.0358. The SMILES string of the molecule is O=C(c1cc(C(F)(F)F)cc(C(F)(F)F)c1)N1CC[C@H](N2CCOCC2)[C@H](c2ccccc2)C1.O=C1CCN(Cc2ccccc2)CC1c1ccccc1. The maximum atomic E-state index is 13.3. The molecule has 0 N–H and O–H groups in total. The number of amides is 1. The van der Waals surface area contributed by atoms with E-state index in [1.165, 1.54) is 10.5 Å². The summed E-state index contributed by atoms with van der Waals surface area (Å²) in [6, 6.07) is 31.2. The molecule has 3 aliphatic heterocycles. The number of rotatable bonds is 6. The van der Waals surface area contributed by atoms with Gasteiger partial charge in [0.1, 0.15) is 5.78 Å². The van der Waals surface area contributed by atoms with Crippen molar-refractivity contribution in [1.29, 1.82) is 0 Å². The van der Waals surface area contributed by atoms with Crippen LogP contribution in [0.5, 0.6) is 0 Å². The van der Waals surface area contributed by atoms with Gasteiger partial charge in [-0.3, -0.25) is 19.4 Å². The second-order valence-corrected chi connectivity index (χ2v) is 14.0. The van der Waals surface area contributed by atoms with Crippen LogP contribution in [0.3, 0.4) is 0 Å². The number of ketones is 1. The molecule has 6 nitrogen and oxygen atoms in total. The maximum Gasteiger partial charge on any atom is 0.416 e. The molecule has 0 radical (unpaired) electrons. The second kappa shape index (κ2) is 17.3. The lowest BCUT2D eigenvalue weighted by molar-refractivity contribution is -0.143. The molecule has 7 rings (SSSR count). The van der Waals surface area contributed by atoms with Crippen LogP contribution in [-0.4, -0.2) is 84.9 Å². The molecule has 1 amide bonds. The van der Waals surface area contributed by atoms with Gasteiger partial charge in [-0.05, 0) is 41.3 Å². The molecule has 54 heavy (non-hydrogen) atoms. The first-order valence-corrected chi connectivity index (χ1v) is 18.2. The smallest absolute Gasteiger partial charge is 0.379 e. The fraction of sp³-hybridized carbons (Fsp3) is 0.381. The molecule has 1 unspecified atom stereocenters. The third kappa shape index (κ3) is 9.96. The van der Waals surface area contributed by atoms with Crippen LogP contribution in [0.1, 0.15) is 62.9 Å². The Bertz CT molecular complexity index is 1800. The summed E-state index contributed by atoms with van der Waals surface area (Å²) in [5, 5.41) is 0. The number of halogens is 6. The number of carbonyl (C=O) groups excluding carboxylic acids is 2. The van der Waals surface area contributed by atoms with Crippen LogP contribution in [-0.2, 0) is 28.4 Å². The van der Waals surface area contributed by atoms with Crippen molar-refractivity contribution in [2.45, 2.75) is 49.6 Å². The Morgan fingerprint density at radius 1 is 0.685 bits per heavy atom. The molecule has 3 heterocycles. The van der Waals surface area contributed by atoms with E-state index in [0.29, 0.717) is 44.0 Å². The average Bonchev–Trinajstić information content (AvgIpc) is 3.19. The quantitative estimate of drug-likeness (QED) is 0.186. The predicted molar refractivity (Wildman–Crippen MR) is 193 cm³/mol. The Hall–Kier alpha value is -4.52. The van der Waals surface area contributed by atoms with Gasteiger partial charge in [-0.1, -0.05) is 91.0 Å². The number of hydrogen-bond donors (Lipinski definition) is 0. The molecular formula is C42H43F6N3O3. The minimum Gasteiger partial charge on any atom is -0.379 e. The van der Waals surface area contributed by atoms with Crippen molar-refractivity contribution in [2.75, 3.05) is 52.5 Å². The number of hydrogen-bond acceptors (Lipinski definition) is 5. The van der Waals surface area contributed by atoms with Gasteiger partial charge < -0.3 is 9.64 Å². The molecule has 286 valence electrons. The van der Waals surface area contributed by atoms with E-state index in [-0.39, 0.29) is 37.0 Å². The number of Topliss-reactive ketones (excluding diaryl/α,β-unsaturated/α-hetero) is 1. The first kappa shape index (κ1) is 39.2. The topological polar surface area (TPSA) is 53.1 Å². The first-order chi connectivity index (χ1) is 25.9. The predicted octanol–water partition coefficient (Wildman–Crippen LogP) is 8.30.